The van der Waals surface area contributed by atoms with Crippen molar-refractivity contribution in [2.45, 2.75) is 23.5 Å². The maximum Gasteiger partial charge on any atom is 0.272 e. The zero-order valence-corrected chi connectivity index (χ0v) is 24.9. The highest BCUT2D eigenvalue weighted by molar-refractivity contribution is 8.00. The van der Waals surface area contributed by atoms with E-state index in [-0.39, 0.29) is 16.9 Å². The Hall–Kier alpha value is -5.02. The number of rotatable bonds is 12. The van der Waals surface area contributed by atoms with Gasteiger partial charge < -0.3 is 25.4 Å². The molecule has 4 aromatic carbocycles. The summed E-state index contributed by atoms with van der Waals surface area (Å²) in [4.78, 5) is 40.2. The lowest BCUT2D eigenvalue weighted by molar-refractivity contribution is -0.116. The third kappa shape index (κ3) is 8.98. The molecule has 0 heterocycles. The molecule has 0 saturated heterocycles. The summed E-state index contributed by atoms with van der Waals surface area (Å²) >= 11 is 1.40. The monoisotopic (exact) mass is 595 g/mol. The first-order valence-electron chi connectivity index (χ1n) is 13.6. The minimum atomic E-state index is -0.501. The van der Waals surface area contributed by atoms with E-state index in [9.17, 15) is 14.4 Å². The van der Waals surface area contributed by atoms with Crippen molar-refractivity contribution < 1.29 is 23.9 Å². The highest BCUT2D eigenvalue weighted by atomic mass is 32.2. The lowest BCUT2D eigenvalue weighted by Gasteiger charge is -2.16. The van der Waals surface area contributed by atoms with E-state index in [4.69, 9.17) is 9.47 Å². The Labute approximate surface area is 255 Å². The second kappa shape index (κ2) is 15.3. The molecule has 8 nitrogen and oxygen atoms in total. The van der Waals surface area contributed by atoms with Crippen LogP contribution in [0.2, 0.25) is 0 Å². The number of benzene rings is 4. The van der Waals surface area contributed by atoms with Crippen LogP contribution in [0.25, 0.3) is 6.08 Å². The number of ether oxygens (including phenoxy) is 2. The first kappa shape index (κ1) is 30.9. The average molecular weight is 596 g/mol. The smallest absolute Gasteiger partial charge is 0.272 e. The van der Waals surface area contributed by atoms with Crippen LogP contribution in [0.1, 0.15) is 29.3 Å². The number of anilines is 2. The van der Waals surface area contributed by atoms with E-state index >= 15 is 0 Å². The van der Waals surface area contributed by atoms with E-state index in [1.165, 1.54) is 11.8 Å². The molecule has 1 atom stereocenters. The molecule has 3 amide bonds. The van der Waals surface area contributed by atoms with Crippen LogP contribution in [0.3, 0.4) is 0 Å². The van der Waals surface area contributed by atoms with Crippen LogP contribution in [-0.4, -0.2) is 37.2 Å². The van der Waals surface area contributed by atoms with E-state index in [0.717, 1.165) is 4.90 Å². The fourth-order valence-electron chi connectivity index (χ4n) is 4.07. The number of methoxy groups -OCH3 is 2. The number of carbonyl (C=O) groups is 3. The summed E-state index contributed by atoms with van der Waals surface area (Å²) in [5.41, 5.74) is 2.36. The van der Waals surface area contributed by atoms with Gasteiger partial charge in [0.1, 0.15) is 17.2 Å². The average Bonchev–Trinajstić information content (AvgIpc) is 3.04. The molecule has 0 spiro atoms. The molecule has 0 bridgehead atoms. The van der Waals surface area contributed by atoms with Gasteiger partial charge in [-0.1, -0.05) is 43.3 Å². The lowest BCUT2D eigenvalue weighted by Crippen LogP contribution is -2.30. The van der Waals surface area contributed by atoms with Crippen LogP contribution < -0.4 is 25.4 Å². The van der Waals surface area contributed by atoms with Gasteiger partial charge in [0.25, 0.3) is 11.8 Å². The number of hydrogen-bond acceptors (Lipinski definition) is 6. The van der Waals surface area contributed by atoms with Crippen LogP contribution in [-0.2, 0) is 9.59 Å². The molecule has 0 aliphatic carbocycles. The van der Waals surface area contributed by atoms with Crippen molar-refractivity contribution in [1.82, 2.24) is 5.32 Å². The molecule has 0 saturated carbocycles. The van der Waals surface area contributed by atoms with Gasteiger partial charge in [-0.05, 0) is 84.8 Å². The third-order valence-corrected chi connectivity index (χ3v) is 7.68. The Morgan fingerprint density at radius 1 is 0.767 bits per heavy atom. The van der Waals surface area contributed by atoms with Gasteiger partial charge >= 0.3 is 0 Å². The van der Waals surface area contributed by atoms with Crippen molar-refractivity contribution in [2.75, 3.05) is 24.9 Å². The van der Waals surface area contributed by atoms with E-state index in [0.29, 0.717) is 40.4 Å². The van der Waals surface area contributed by atoms with Gasteiger partial charge in [-0.25, -0.2) is 0 Å². The van der Waals surface area contributed by atoms with Crippen molar-refractivity contribution in [3.63, 3.8) is 0 Å². The lowest BCUT2D eigenvalue weighted by atomic mass is 10.1. The van der Waals surface area contributed by atoms with E-state index in [1.54, 1.807) is 105 Å². The molecule has 43 heavy (non-hydrogen) atoms. The maximum absolute atomic E-state index is 13.5. The van der Waals surface area contributed by atoms with E-state index < -0.39 is 11.8 Å². The Bertz CT molecular complexity index is 1590. The molecule has 220 valence electrons. The number of carbonyl (C=O) groups excluding carboxylic acids is 3. The molecule has 0 aromatic heterocycles. The minimum Gasteiger partial charge on any atom is -0.497 e. The largest absolute Gasteiger partial charge is 0.497 e. The number of nitrogens with one attached hydrogen (secondary N) is 3. The molecule has 4 aromatic rings. The van der Waals surface area contributed by atoms with Crippen molar-refractivity contribution in [3.8, 4) is 11.5 Å². The fourth-order valence-corrected chi connectivity index (χ4v) is 5.08. The Morgan fingerprint density at radius 2 is 1.49 bits per heavy atom. The van der Waals surface area contributed by atoms with Crippen LogP contribution in [0, 0.1) is 0 Å². The standard InChI is InChI=1S/C34H33N3O5S/c1-4-31(34(40)35-25-16-18-27(41-2)19-17-25)43-29-15-9-13-26(22-29)36-33(39)30(21-23-10-8-14-28(20-23)42-3)37-32(38)24-11-6-5-7-12-24/h5-22,31H,4H2,1-3H3,(H,35,40)(H,36,39)(H,37,38)/b30-21-. The molecular weight excluding hydrogens is 562 g/mol. The second-order valence-electron chi connectivity index (χ2n) is 9.37. The SMILES string of the molecule is CCC(Sc1cccc(NC(=O)/C(=C/c2cccc(OC)c2)NC(=O)c2ccccc2)c1)C(=O)Nc1ccc(OC)cc1. The molecule has 9 heteroatoms. The van der Waals surface area contributed by atoms with Crippen LogP contribution in [0.15, 0.2) is 114 Å². The minimum absolute atomic E-state index is 0.0606. The zero-order valence-electron chi connectivity index (χ0n) is 24.1. The van der Waals surface area contributed by atoms with Crippen LogP contribution in [0.5, 0.6) is 11.5 Å². The quantitative estimate of drug-likeness (QED) is 0.126. The van der Waals surface area contributed by atoms with Gasteiger partial charge in [0.15, 0.2) is 0 Å². The molecule has 0 aliphatic heterocycles. The summed E-state index contributed by atoms with van der Waals surface area (Å²) in [7, 11) is 3.15. The molecular formula is C34H33N3O5S. The number of thioether (sulfide) groups is 1. The summed E-state index contributed by atoms with van der Waals surface area (Å²) in [5, 5.41) is 8.21. The molecule has 0 radical (unpaired) electrons. The summed E-state index contributed by atoms with van der Waals surface area (Å²) in [6, 6.07) is 30.2. The van der Waals surface area contributed by atoms with Gasteiger partial charge in [0, 0.05) is 21.8 Å². The third-order valence-electron chi connectivity index (χ3n) is 6.32. The van der Waals surface area contributed by atoms with Crippen molar-refractivity contribution >= 4 is 46.9 Å². The van der Waals surface area contributed by atoms with Gasteiger partial charge in [-0.2, -0.15) is 0 Å². The van der Waals surface area contributed by atoms with Crippen molar-refractivity contribution in [1.29, 1.82) is 0 Å². The number of amides is 3. The summed E-state index contributed by atoms with van der Waals surface area (Å²) < 4.78 is 10.5. The summed E-state index contributed by atoms with van der Waals surface area (Å²) in [5.74, 6) is 0.286. The van der Waals surface area contributed by atoms with Crippen molar-refractivity contribution in [3.05, 3.63) is 120 Å². The summed E-state index contributed by atoms with van der Waals surface area (Å²) in [6.07, 6.45) is 2.19. The first-order chi connectivity index (χ1) is 20.9. The number of hydrogen-bond donors (Lipinski definition) is 3. The van der Waals surface area contributed by atoms with Crippen LogP contribution >= 0.6 is 11.8 Å². The Balaban J connectivity index is 1.50. The van der Waals surface area contributed by atoms with Gasteiger partial charge in [-0.3, -0.25) is 14.4 Å². The highest BCUT2D eigenvalue weighted by Gasteiger charge is 2.19. The Morgan fingerprint density at radius 3 is 2.19 bits per heavy atom. The predicted molar refractivity (Wildman–Crippen MR) is 172 cm³/mol. The zero-order chi connectivity index (χ0) is 30.6. The van der Waals surface area contributed by atoms with Gasteiger partial charge in [0.05, 0.1) is 19.5 Å². The fraction of sp³-hybridized carbons (Fsp3) is 0.147. The maximum atomic E-state index is 13.5. The molecule has 0 aliphatic rings. The highest BCUT2D eigenvalue weighted by Crippen LogP contribution is 2.29. The van der Waals surface area contributed by atoms with Crippen molar-refractivity contribution in [2.24, 2.45) is 0 Å². The topological polar surface area (TPSA) is 106 Å². The molecule has 1 unspecified atom stereocenters. The molecule has 0 fully saturated rings. The summed E-state index contributed by atoms with van der Waals surface area (Å²) in [6.45, 7) is 1.95. The Kier molecular flexibility index (Phi) is 11.0. The predicted octanol–water partition coefficient (Wildman–Crippen LogP) is 6.62. The first-order valence-corrected chi connectivity index (χ1v) is 14.5. The van der Waals surface area contributed by atoms with Gasteiger partial charge in [0.2, 0.25) is 5.91 Å². The normalized spacial score (nSPS) is 11.7. The van der Waals surface area contributed by atoms with E-state index in [1.807, 2.05) is 25.1 Å². The van der Waals surface area contributed by atoms with E-state index in [2.05, 4.69) is 16.0 Å². The second-order valence-corrected chi connectivity index (χ2v) is 10.6. The molecule has 3 N–H and O–H groups in total. The molecule has 4 rings (SSSR count). The van der Waals surface area contributed by atoms with Crippen LogP contribution in [0.4, 0.5) is 11.4 Å². The van der Waals surface area contributed by atoms with Gasteiger partial charge in [-0.15, -0.1) is 11.8 Å².